The molecule has 1 unspecified atom stereocenters. The van der Waals surface area contributed by atoms with Crippen LogP contribution in [0.3, 0.4) is 0 Å². The summed E-state index contributed by atoms with van der Waals surface area (Å²) in [5.74, 6) is -1.44. The molecule has 2 N–H and O–H groups in total. The van der Waals surface area contributed by atoms with Crippen LogP contribution in [0.4, 0.5) is 0 Å². The highest BCUT2D eigenvalue weighted by Crippen LogP contribution is 2.19. The number of carbonyl (C=O) groups excluding carboxylic acids is 1. The fourth-order valence-corrected chi connectivity index (χ4v) is 2.60. The fourth-order valence-electron chi connectivity index (χ4n) is 2.60. The Bertz CT molecular complexity index is 884. The van der Waals surface area contributed by atoms with Gasteiger partial charge in [-0.15, -0.1) is 0 Å². The minimum absolute atomic E-state index is 0.386. The molecule has 0 bridgehead atoms. The topological polar surface area (TPSA) is 71.3 Å². The van der Waals surface area contributed by atoms with E-state index in [1.807, 2.05) is 36.5 Å². The van der Waals surface area contributed by atoms with E-state index in [0.29, 0.717) is 5.56 Å². The Morgan fingerprint density at radius 1 is 1.12 bits per heavy atom. The number of carbonyl (C=O) groups is 2. The number of nitrogens with zero attached hydrogens (tertiary/aromatic N) is 1. The molecule has 1 heterocycles. The molecule has 3 rings (SSSR count). The van der Waals surface area contributed by atoms with Crippen LogP contribution in [-0.4, -0.2) is 27.6 Å². The summed E-state index contributed by atoms with van der Waals surface area (Å²) in [6.07, 6.45) is 1.99. The van der Waals surface area contributed by atoms with E-state index in [1.165, 1.54) is 12.5 Å². The third-order valence-corrected chi connectivity index (χ3v) is 3.95. The van der Waals surface area contributed by atoms with Crippen molar-refractivity contribution in [3.05, 3.63) is 71.9 Å². The van der Waals surface area contributed by atoms with E-state index in [2.05, 4.69) is 22.0 Å². The number of benzene rings is 2. The summed E-state index contributed by atoms with van der Waals surface area (Å²) in [4.78, 5) is 23.0. The van der Waals surface area contributed by atoms with E-state index in [1.54, 1.807) is 12.1 Å². The summed E-state index contributed by atoms with van der Waals surface area (Å²) in [6, 6.07) is 16.6. The smallest absolute Gasteiger partial charge is 0.325 e. The van der Waals surface area contributed by atoms with Gasteiger partial charge in [-0.25, -0.2) is 0 Å². The zero-order chi connectivity index (χ0) is 17.1. The van der Waals surface area contributed by atoms with Crippen molar-refractivity contribution in [1.82, 2.24) is 9.88 Å². The average Bonchev–Trinajstić information content (AvgIpc) is 2.98. The monoisotopic (exact) mass is 322 g/mol. The maximum Gasteiger partial charge on any atom is 0.325 e. The molecule has 5 heteroatoms. The standard InChI is InChI=1S/C19H18N2O3/c1-13(19(23)24)20-18(22)16-7-8-17-15(11-16)9-10-21(17)12-14-5-3-2-4-6-14/h2-11,13H,12H2,1H3,(H,20,22)(H,23,24). The lowest BCUT2D eigenvalue weighted by Crippen LogP contribution is -2.38. The number of hydrogen-bond donors (Lipinski definition) is 2. The van der Waals surface area contributed by atoms with Crippen molar-refractivity contribution < 1.29 is 14.7 Å². The molecule has 0 saturated heterocycles. The molecule has 0 fully saturated rings. The Balaban J connectivity index is 1.83. The third-order valence-electron chi connectivity index (χ3n) is 3.95. The molecule has 0 spiro atoms. The third kappa shape index (κ3) is 3.30. The van der Waals surface area contributed by atoms with E-state index in [4.69, 9.17) is 5.11 Å². The Labute approximate surface area is 139 Å². The van der Waals surface area contributed by atoms with Gasteiger partial charge in [-0.3, -0.25) is 9.59 Å². The van der Waals surface area contributed by atoms with Gasteiger partial charge in [-0.2, -0.15) is 0 Å². The zero-order valence-corrected chi connectivity index (χ0v) is 13.3. The molecular weight excluding hydrogens is 304 g/mol. The van der Waals surface area contributed by atoms with Gasteiger partial charge >= 0.3 is 5.97 Å². The maximum absolute atomic E-state index is 12.1. The SMILES string of the molecule is CC(NC(=O)c1ccc2c(ccn2Cc2ccccc2)c1)C(=O)O. The van der Waals surface area contributed by atoms with E-state index in [0.717, 1.165) is 17.4 Å². The number of aromatic nitrogens is 1. The second kappa shape index (κ2) is 6.58. The highest BCUT2D eigenvalue weighted by atomic mass is 16.4. The average molecular weight is 322 g/mol. The van der Waals surface area contributed by atoms with Crippen LogP contribution in [-0.2, 0) is 11.3 Å². The lowest BCUT2D eigenvalue weighted by molar-refractivity contribution is -0.138. The molecule has 5 nitrogen and oxygen atoms in total. The van der Waals surface area contributed by atoms with Gasteiger partial charge in [-0.05, 0) is 36.8 Å². The summed E-state index contributed by atoms with van der Waals surface area (Å²) in [7, 11) is 0. The number of fused-ring (bicyclic) bond motifs is 1. The number of carboxylic acid groups (broad SMARTS) is 1. The second-order valence-corrected chi connectivity index (χ2v) is 5.74. The molecule has 0 aliphatic carbocycles. The van der Waals surface area contributed by atoms with Crippen molar-refractivity contribution in [2.24, 2.45) is 0 Å². The lowest BCUT2D eigenvalue weighted by Gasteiger charge is -2.10. The predicted molar refractivity (Wildman–Crippen MR) is 92.0 cm³/mol. The Morgan fingerprint density at radius 3 is 2.58 bits per heavy atom. The molecule has 1 atom stereocenters. The highest BCUT2D eigenvalue weighted by Gasteiger charge is 2.15. The summed E-state index contributed by atoms with van der Waals surface area (Å²) in [5, 5.41) is 12.3. The Kier molecular flexibility index (Phi) is 4.33. The maximum atomic E-state index is 12.1. The largest absolute Gasteiger partial charge is 0.480 e. The van der Waals surface area contributed by atoms with Crippen LogP contribution < -0.4 is 5.32 Å². The summed E-state index contributed by atoms with van der Waals surface area (Å²) >= 11 is 0. The normalized spacial score (nSPS) is 12.0. The molecule has 2 aromatic carbocycles. The highest BCUT2D eigenvalue weighted by molar-refractivity contribution is 5.99. The van der Waals surface area contributed by atoms with Crippen LogP contribution >= 0.6 is 0 Å². The van der Waals surface area contributed by atoms with Gasteiger partial charge in [0.1, 0.15) is 6.04 Å². The number of aliphatic carboxylic acids is 1. The fraction of sp³-hybridized carbons (Fsp3) is 0.158. The van der Waals surface area contributed by atoms with Gasteiger partial charge in [0.25, 0.3) is 5.91 Å². The molecule has 0 aliphatic rings. The van der Waals surface area contributed by atoms with Gasteiger partial charge in [0, 0.05) is 29.2 Å². The zero-order valence-electron chi connectivity index (χ0n) is 13.3. The van der Waals surface area contributed by atoms with E-state index < -0.39 is 12.0 Å². The van der Waals surface area contributed by atoms with Gasteiger partial charge in [0.05, 0.1) is 0 Å². The van der Waals surface area contributed by atoms with Gasteiger partial charge in [0.15, 0.2) is 0 Å². The van der Waals surface area contributed by atoms with Crippen molar-refractivity contribution in [3.63, 3.8) is 0 Å². The predicted octanol–water partition coefficient (Wildman–Crippen LogP) is 2.89. The minimum Gasteiger partial charge on any atom is -0.480 e. The van der Waals surface area contributed by atoms with Gasteiger partial charge < -0.3 is 15.0 Å². The van der Waals surface area contributed by atoms with E-state index >= 15 is 0 Å². The van der Waals surface area contributed by atoms with Crippen LogP contribution in [0.2, 0.25) is 0 Å². The minimum atomic E-state index is -1.06. The van der Waals surface area contributed by atoms with E-state index in [-0.39, 0.29) is 5.91 Å². The first-order chi connectivity index (χ1) is 11.5. The number of amides is 1. The van der Waals surface area contributed by atoms with Crippen molar-refractivity contribution in [2.45, 2.75) is 19.5 Å². The number of rotatable bonds is 5. The molecule has 24 heavy (non-hydrogen) atoms. The summed E-state index contributed by atoms with van der Waals surface area (Å²) < 4.78 is 2.12. The van der Waals surface area contributed by atoms with Gasteiger partial charge in [0.2, 0.25) is 0 Å². The number of hydrogen-bond acceptors (Lipinski definition) is 2. The van der Waals surface area contributed by atoms with Crippen molar-refractivity contribution in [3.8, 4) is 0 Å². The molecule has 1 aromatic heterocycles. The van der Waals surface area contributed by atoms with Crippen molar-refractivity contribution >= 4 is 22.8 Å². The molecule has 1 amide bonds. The first-order valence-corrected chi connectivity index (χ1v) is 7.71. The van der Waals surface area contributed by atoms with Crippen molar-refractivity contribution in [2.75, 3.05) is 0 Å². The van der Waals surface area contributed by atoms with Crippen LogP contribution in [0, 0.1) is 0 Å². The van der Waals surface area contributed by atoms with Crippen molar-refractivity contribution in [1.29, 1.82) is 0 Å². The number of carboxylic acids is 1. The van der Waals surface area contributed by atoms with Crippen LogP contribution in [0.25, 0.3) is 10.9 Å². The Hall–Kier alpha value is -3.08. The molecule has 0 saturated carbocycles. The summed E-state index contributed by atoms with van der Waals surface area (Å²) in [6.45, 7) is 2.20. The molecule has 0 aliphatic heterocycles. The molecule has 0 radical (unpaired) electrons. The van der Waals surface area contributed by atoms with E-state index in [9.17, 15) is 9.59 Å². The van der Waals surface area contributed by atoms with Crippen LogP contribution in [0.15, 0.2) is 60.8 Å². The van der Waals surface area contributed by atoms with Crippen LogP contribution in [0.5, 0.6) is 0 Å². The number of nitrogens with one attached hydrogen (secondary N) is 1. The van der Waals surface area contributed by atoms with Crippen LogP contribution in [0.1, 0.15) is 22.8 Å². The first kappa shape index (κ1) is 15.8. The molecule has 3 aromatic rings. The Morgan fingerprint density at radius 2 is 1.88 bits per heavy atom. The van der Waals surface area contributed by atoms with Gasteiger partial charge in [-0.1, -0.05) is 30.3 Å². The second-order valence-electron chi connectivity index (χ2n) is 5.74. The quantitative estimate of drug-likeness (QED) is 0.759. The lowest BCUT2D eigenvalue weighted by atomic mass is 10.1. The molecule has 122 valence electrons. The first-order valence-electron chi connectivity index (χ1n) is 7.71. The molecular formula is C19H18N2O3. The summed E-state index contributed by atoms with van der Waals surface area (Å²) in [5.41, 5.74) is 2.68.